The molecule has 0 saturated carbocycles. The van der Waals surface area contributed by atoms with Crippen LogP contribution in [0.1, 0.15) is 23.6 Å². The van der Waals surface area contributed by atoms with Gasteiger partial charge in [0.1, 0.15) is 30.5 Å². The second kappa shape index (κ2) is 10.0. The van der Waals surface area contributed by atoms with Gasteiger partial charge in [-0.15, -0.1) is 0 Å². The fraction of sp³-hybridized carbons (Fsp3) is 0.250. The Hall–Kier alpha value is -3.44. The fourth-order valence-corrected chi connectivity index (χ4v) is 5.34. The number of hydrogen-bond donors (Lipinski definition) is 1. The zero-order valence-electron chi connectivity index (χ0n) is 19.4. The minimum absolute atomic E-state index is 0.0285. The van der Waals surface area contributed by atoms with E-state index in [1.807, 2.05) is 19.1 Å². The number of ether oxygens (including phenoxy) is 2. The SMILES string of the molecule is CCc1cc(C)cc(OCCOc2ccc(/C=C3/C(=N)N4C(=NC3=O)SN=C4S(C)(=O)=O)cc2)c1. The number of carbonyl (C=O) groups is 1. The molecule has 2 aliphatic rings. The van der Waals surface area contributed by atoms with E-state index in [-0.39, 0.29) is 21.7 Å². The van der Waals surface area contributed by atoms with Crippen LogP contribution < -0.4 is 9.47 Å². The minimum atomic E-state index is -3.69. The average molecular weight is 513 g/mol. The number of hydrogen-bond acceptors (Lipinski definition) is 8. The normalized spacial score (nSPS) is 16.8. The molecule has 1 amide bonds. The summed E-state index contributed by atoms with van der Waals surface area (Å²) in [5, 5.41) is 8.13. The maximum atomic E-state index is 12.5. The number of sulfone groups is 1. The molecule has 0 fully saturated rings. The molecule has 11 heteroatoms. The summed E-state index contributed by atoms with van der Waals surface area (Å²) >= 11 is 0.758. The Kier molecular flexibility index (Phi) is 7.08. The quantitative estimate of drug-likeness (QED) is 0.341. The highest BCUT2D eigenvalue weighted by Gasteiger charge is 2.41. The number of fused-ring (bicyclic) bond motifs is 1. The summed E-state index contributed by atoms with van der Waals surface area (Å²) in [7, 11) is -3.69. The Morgan fingerprint density at radius 3 is 2.43 bits per heavy atom. The van der Waals surface area contributed by atoms with Crippen LogP contribution in [0.2, 0.25) is 0 Å². The zero-order valence-corrected chi connectivity index (χ0v) is 21.1. The molecule has 1 N–H and O–H groups in total. The first kappa shape index (κ1) is 24.7. The predicted octanol–water partition coefficient (Wildman–Crippen LogP) is 3.64. The van der Waals surface area contributed by atoms with Crippen LogP contribution in [0.4, 0.5) is 0 Å². The third-order valence-corrected chi connectivity index (χ3v) is 6.91. The van der Waals surface area contributed by atoms with E-state index in [9.17, 15) is 13.2 Å². The predicted molar refractivity (Wildman–Crippen MR) is 138 cm³/mol. The van der Waals surface area contributed by atoms with Gasteiger partial charge in [0.2, 0.25) is 20.2 Å². The van der Waals surface area contributed by atoms with Gasteiger partial charge in [0, 0.05) is 6.26 Å². The highest BCUT2D eigenvalue weighted by atomic mass is 32.2. The maximum Gasteiger partial charge on any atom is 0.283 e. The highest BCUT2D eigenvalue weighted by molar-refractivity contribution is 8.16. The van der Waals surface area contributed by atoms with Crippen molar-refractivity contribution in [3.63, 3.8) is 0 Å². The highest BCUT2D eigenvalue weighted by Crippen LogP contribution is 2.30. The smallest absolute Gasteiger partial charge is 0.283 e. The number of aryl methyl sites for hydroxylation is 2. The van der Waals surface area contributed by atoms with Crippen LogP contribution >= 0.6 is 11.9 Å². The standard InChI is InChI=1S/C24H24N4O5S2/c1-4-16-11-15(2)12-19(13-16)33-10-9-32-18-7-5-17(6-8-18)14-20-21(25)28-23(26-22(20)29)34-27-24(28)35(3,30)31/h5-8,11-14,25H,4,9-10H2,1-3H3/b20-14-,25-21?. The number of rotatable bonds is 7. The molecule has 182 valence electrons. The molecular weight excluding hydrogens is 488 g/mol. The van der Waals surface area contributed by atoms with Crippen molar-refractivity contribution in [3.05, 3.63) is 64.7 Å². The van der Waals surface area contributed by atoms with Gasteiger partial charge in [-0.3, -0.25) is 10.2 Å². The van der Waals surface area contributed by atoms with E-state index >= 15 is 0 Å². The van der Waals surface area contributed by atoms with Crippen molar-refractivity contribution in [2.24, 2.45) is 9.39 Å². The molecular formula is C24H24N4O5S2. The van der Waals surface area contributed by atoms with Gasteiger partial charge in [-0.2, -0.15) is 9.39 Å². The number of aliphatic imine (C=N–C) groups is 1. The Labute approximate surface area is 208 Å². The van der Waals surface area contributed by atoms with Gasteiger partial charge in [-0.05, 0) is 60.4 Å². The summed E-state index contributed by atoms with van der Waals surface area (Å²) in [6.45, 7) is 4.89. The molecule has 0 unspecified atom stereocenters. The molecule has 2 aromatic rings. The molecule has 0 aliphatic carbocycles. The number of nitrogens with one attached hydrogen (secondary N) is 1. The van der Waals surface area contributed by atoms with Crippen LogP contribution in [0, 0.1) is 12.3 Å². The van der Waals surface area contributed by atoms with E-state index in [0.29, 0.717) is 24.5 Å². The third kappa shape index (κ3) is 5.63. The van der Waals surface area contributed by atoms with Gasteiger partial charge < -0.3 is 9.47 Å². The molecule has 2 aromatic carbocycles. The number of amidine groups is 3. The minimum Gasteiger partial charge on any atom is -0.490 e. The lowest BCUT2D eigenvalue weighted by Crippen LogP contribution is -2.45. The lowest BCUT2D eigenvalue weighted by Gasteiger charge is -2.23. The molecule has 2 heterocycles. The van der Waals surface area contributed by atoms with Crippen molar-refractivity contribution in [1.29, 1.82) is 5.41 Å². The Bertz CT molecular complexity index is 1380. The molecule has 0 radical (unpaired) electrons. The van der Waals surface area contributed by atoms with Crippen molar-refractivity contribution in [1.82, 2.24) is 4.90 Å². The van der Waals surface area contributed by atoms with Crippen LogP contribution in [0.25, 0.3) is 6.08 Å². The zero-order chi connectivity index (χ0) is 25.2. The molecule has 0 atom stereocenters. The molecule has 0 aromatic heterocycles. The van der Waals surface area contributed by atoms with Crippen LogP contribution in [0.5, 0.6) is 11.5 Å². The lowest BCUT2D eigenvalue weighted by atomic mass is 10.1. The number of carbonyl (C=O) groups excluding carboxylic acids is 1. The van der Waals surface area contributed by atoms with Crippen molar-refractivity contribution in [2.45, 2.75) is 20.3 Å². The van der Waals surface area contributed by atoms with Crippen LogP contribution in [0.3, 0.4) is 0 Å². The number of amides is 1. The van der Waals surface area contributed by atoms with Gasteiger partial charge in [0.05, 0.1) is 17.5 Å². The van der Waals surface area contributed by atoms with E-state index in [4.69, 9.17) is 14.9 Å². The van der Waals surface area contributed by atoms with Gasteiger partial charge >= 0.3 is 0 Å². The van der Waals surface area contributed by atoms with Crippen LogP contribution in [0.15, 0.2) is 57.4 Å². The van der Waals surface area contributed by atoms with E-state index < -0.39 is 15.7 Å². The van der Waals surface area contributed by atoms with Gasteiger partial charge in [0.25, 0.3) is 5.91 Å². The van der Waals surface area contributed by atoms with E-state index in [0.717, 1.165) is 40.8 Å². The molecule has 4 rings (SSSR count). The molecule has 0 bridgehead atoms. The summed E-state index contributed by atoms with van der Waals surface area (Å²) in [5.74, 6) is 0.535. The third-order valence-electron chi connectivity index (χ3n) is 5.16. The average Bonchev–Trinajstić information content (AvgIpc) is 3.24. The van der Waals surface area contributed by atoms with E-state index in [1.165, 1.54) is 11.6 Å². The summed E-state index contributed by atoms with van der Waals surface area (Å²) < 4.78 is 39.4. The van der Waals surface area contributed by atoms with Crippen molar-refractivity contribution < 1.29 is 22.7 Å². The van der Waals surface area contributed by atoms with Crippen molar-refractivity contribution >= 4 is 49.9 Å². The first-order chi connectivity index (χ1) is 16.7. The van der Waals surface area contributed by atoms with Gasteiger partial charge in [-0.25, -0.2) is 13.3 Å². The monoisotopic (exact) mass is 512 g/mol. The first-order valence-electron chi connectivity index (χ1n) is 10.8. The number of nitrogens with zero attached hydrogens (tertiary/aromatic N) is 3. The van der Waals surface area contributed by atoms with E-state index in [2.05, 4.69) is 22.4 Å². The molecule has 2 aliphatic heterocycles. The molecule has 0 spiro atoms. The van der Waals surface area contributed by atoms with Crippen molar-refractivity contribution in [2.75, 3.05) is 19.5 Å². The van der Waals surface area contributed by atoms with Crippen molar-refractivity contribution in [3.8, 4) is 11.5 Å². The second-order valence-corrected chi connectivity index (χ2v) is 10.6. The summed E-state index contributed by atoms with van der Waals surface area (Å²) in [4.78, 5) is 17.4. The van der Waals surface area contributed by atoms with E-state index in [1.54, 1.807) is 24.3 Å². The topological polar surface area (TPSA) is 121 Å². The summed E-state index contributed by atoms with van der Waals surface area (Å²) in [6, 6.07) is 13.1. The van der Waals surface area contributed by atoms with Gasteiger partial charge in [-0.1, -0.05) is 25.1 Å². The maximum absolute atomic E-state index is 12.5. The number of benzene rings is 2. The van der Waals surface area contributed by atoms with Crippen LogP contribution in [-0.4, -0.2) is 54.9 Å². The largest absolute Gasteiger partial charge is 0.490 e. The lowest BCUT2D eigenvalue weighted by molar-refractivity contribution is -0.114. The fourth-order valence-electron chi connectivity index (χ4n) is 3.50. The Balaban J connectivity index is 1.39. The summed E-state index contributed by atoms with van der Waals surface area (Å²) in [6.07, 6.45) is 3.43. The molecule has 35 heavy (non-hydrogen) atoms. The Morgan fingerprint density at radius 2 is 1.77 bits per heavy atom. The molecule has 9 nitrogen and oxygen atoms in total. The van der Waals surface area contributed by atoms with Crippen LogP contribution in [-0.2, 0) is 21.1 Å². The van der Waals surface area contributed by atoms with Gasteiger partial charge in [0.15, 0.2) is 0 Å². The summed E-state index contributed by atoms with van der Waals surface area (Å²) in [5.41, 5.74) is 2.98. The molecule has 0 saturated heterocycles. The second-order valence-electron chi connectivity index (χ2n) is 7.95. The Morgan fingerprint density at radius 1 is 1.09 bits per heavy atom. The first-order valence-corrected chi connectivity index (χ1v) is 13.5.